The summed E-state index contributed by atoms with van der Waals surface area (Å²) in [7, 11) is 0. The highest BCUT2D eigenvalue weighted by Gasteiger charge is 2.21. The van der Waals surface area contributed by atoms with Gasteiger partial charge in [-0.3, -0.25) is 4.79 Å². The van der Waals surface area contributed by atoms with E-state index in [9.17, 15) is 4.79 Å². The Morgan fingerprint density at radius 2 is 1.53 bits per heavy atom. The van der Waals surface area contributed by atoms with Crippen LogP contribution in [0.2, 0.25) is 0 Å². The average molecular weight is 238 g/mol. The number of carbonyl (C=O) groups excluding carboxylic acids is 1. The van der Waals surface area contributed by atoms with Crippen LogP contribution in [0.1, 0.15) is 57.8 Å². The van der Waals surface area contributed by atoms with Crippen molar-refractivity contribution in [2.45, 2.75) is 63.8 Å². The highest BCUT2D eigenvalue weighted by Crippen LogP contribution is 2.22. The maximum absolute atomic E-state index is 12.0. The Hall–Kier alpha value is -0.570. The largest absolute Gasteiger partial charge is 0.355 e. The van der Waals surface area contributed by atoms with Gasteiger partial charge in [-0.05, 0) is 25.7 Å². The first-order chi connectivity index (χ1) is 8.36. The maximum atomic E-state index is 12.0. The summed E-state index contributed by atoms with van der Waals surface area (Å²) in [5.74, 6) is 0.584. The van der Waals surface area contributed by atoms with Crippen LogP contribution in [0.5, 0.6) is 0 Å². The quantitative estimate of drug-likeness (QED) is 0.721. The Morgan fingerprint density at radius 1 is 0.882 bits per heavy atom. The Morgan fingerprint density at radius 3 is 2.18 bits per heavy atom. The zero-order valence-corrected chi connectivity index (χ0v) is 10.8. The van der Waals surface area contributed by atoms with Gasteiger partial charge in [-0.25, -0.2) is 0 Å². The molecule has 0 atom stereocenters. The summed E-state index contributed by atoms with van der Waals surface area (Å²) >= 11 is 0. The third kappa shape index (κ3) is 5.07. The molecule has 2 fully saturated rings. The summed E-state index contributed by atoms with van der Waals surface area (Å²) in [6.45, 7) is 1.73. The SMILES string of the molecule is O=C(NCCNC1CC1)C1CCCCCCC1. The summed E-state index contributed by atoms with van der Waals surface area (Å²) in [5, 5.41) is 6.50. The molecular weight excluding hydrogens is 212 g/mol. The number of nitrogens with one attached hydrogen (secondary N) is 2. The third-order valence-electron chi connectivity index (χ3n) is 3.91. The molecule has 0 bridgehead atoms. The van der Waals surface area contributed by atoms with Crippen molar-refractivity contribution < 1.29 is 4.79 Å². The Balaban J connectivity index is 1.58. The standard InChI is InChI=1S/C14H26N2O/c17-14(16-11-10-15-13-8-9-13)12-6-4-2-1-3-5-7-12/h12-13,15H,1-11H2,(H,16,17). The lowest BCUT2D eigenvalue weighted by molar-refractivity contribution is -0.125. The normalized spacial score (nSPS) is 22.8. The third-order valence-corrected chi connectivity index (χ3v) is 3.91. The van der Waals surface area contributed by atoms with Crippen LogP contribution in [0, 0.1) is 5.92 Å². The first kappa shape index (κ1) is 12.9. The second-order valence-electron chi connectivity index (χ2n) is 5.56. The first-order valence-electron chi connectivity index (χ1n) is 7.37. The molecule has 0 aromatic rings. The lowest BCUT2D eigenvalue weighted by Gasteiger charge is -2.19. The number of hydrogen-bond acceptors (Lipinski definition) is 2. The fraction of sp³-hybridized carbons (Fsp3) is 0.929. The van der Waals surface area contributed by atoms with Crippen LogP contribution in [0.15, 0.2) is 0 Å². The van der Waals surface area contributed by atoms with Gasteiger partial charge in [0.15, 0.2) is 0 Å². The van der Waals surface area contributed by atoms with E-state index in [1.54, 1.807) is 0 Å². The summed E-state index contributed by atoms with van der Waals surface area (Å²) in [4.78, 5) is 12.0. The molecule has 2 aliphatic rings. The van der Waals surface area contributed by atoms with E-state index in [-0.39, 0.29) is 5.92 Å². The van der Waals surface area contributed by atoms with E-state index >= 15 is 0 Å². The van der Waals surface area contributed by atoms with Crippen LogP contribution in [-0.4, -0.2) is 25.0 Å². The highest BCUT2D eigenvalue weighted by molar-refractivity contribution is 5.78. The smallest absolute Gasteiger partial charge is 0.223 e. The monoisotopic (exact) mass is 238 g/mol. The van der Waals surface area contributed by atoms with Gasteiger partial charge < -0.3 is 10.6 Å². The van der Waals surface area contributed by atoms with Crippen molar-refractivity contribution in [3.05, 3.63) is 0 Å². The number of carbonyl (C=O) groups is 1. The zero-order chi connectivity index (χ0) is 11.9. The molecular formula is C14H26N2O. The molecule has 0 saturated heterocycles. The second kappa shape index (κ2) is 7.00. The van der Waals surface area contributed by atoms with Gasteiger partial charge in [-0.1, -0.05) is 32.1 Å². The van der Waals surface area contributed by atoms with Crippen LogP contribution >= 0.6 is 0 Å². The molecule has 3 heteroatoms. The molecule has 2 N–H and O–H groups in total. The van der Waals surface area contributed by atoms with Crippen molar-refractivity contribution in [1.29, 1.82) is 0 Å². The van der Waals surface area contributed by atoms with Gasteiger partial charge in [-0.15, -0.1) is 0 Å². The van der Waals surface area contributed by atoms with E-state index in [0.29, 0.717) is 5.91 Å². The van der Waals surface area contributed by atoms with E-state index in [1.807, 2.05) is 0 Å². The van der Waals surface area contributed by atoms with E-state index in [0.717, 1.165) is 32.0 Å². The summed E-state index contributed by atoms with van der Waals surface area (Å²) in [5.41, 5.74) is 0. The van der Waals surface area contributed by atoms with Crippen molar-refractivity contribution in [2.24, 2.45) is 5.92 Å². The molecule has 3 nitrogen and oxygen atoms in total. The molecule has 0 heterocycles. The van der Waals surface area contributed by atoms with Gasteiger partial charge in [0, 0.05) is 25.0 Å². The predicted molar refractivity (Wildman–Crippen MR) is 69.8 cm³/mol. The number of rotatable bonds is 5. The van der Waals surface area contributed by atoms with Crippen LogP contribution in [0.4, 0.5) is 0 Å². The molecule has 0 radical (unpaired) electrons. The molecule has 0 unspecified atom stereocenters. The predicted octanol–water partition coefficient (Wildman–Crippen LogP) is 2.22. The molecule has 0 aromatic heterocycles. The second-order valence-corrected chi connectivity index (χ2v) is 5.56. The first-order valence-corrected chi connectivity index (χ1v) is 7.37. The van der Waals surface area contributed by atoms with E-state index < -0.39 is 0 Å². The molecule has 98 valence electrons. The number of amides is 1. The zero-order valence-electron chi connectivity index (χ0n) is 10.8. The molecule has 2 aliphatic carbocycles. The van der Waals surface area contributed by atoms with Gasteiger partial charge in [0.25, 0.3) is 0 Å². The molecule has 0 spiro atoms. The topological polar surface area (TPSA) is 41.1 Å². The van der Waals surface area contributed by atoms with Crippen LogP contribution in [0.3, 0.4) is 0 Å². The molecule has 2 saturated carbocycles. The summed E-state index contributed by atoms with van der Waals surface area (Å²) < 4.78 is 0. The molecule has 0 aromatic carbocycles. The van der Waals surface area contributed by atoms with E-state index in [1.165, 1.54) is 44.9 Å². The van der Waals surface area contributed by atoms with Gasteiger partial charge in [0.2, 0.25) is 5.91 Å². The maximum Gasteiger partial charge on any atom is 0.223 e. The molecule has 1 amide bonds. The van der Waals surface area contributed by atoms with Crippen molar-refractivity contribution in [1.82, 2.24) is 10.6 Å². The summed E-state index contributed by atoms with van der Waals surface area (Å²) in [6, 6.07) is 0.744. The van der Waals surface area contributed by atoms with Crippen LogP contribution < -0.4 is 10.6 Å². The van der Waals surface area contributed by atoms with E-state index in [4.69, 9.17) is 0 Å². The highest BCUT2D eigenvalue weighted by atomic mass is 16.1. The van der Waals surface area contributed by atoms with E-state index in [2.05, 4.69) is 10.6 Å². The van der Waals surface area contributed by atoms with Crippen molar-refractivity contribution in [2.75, 3.05) is 13.1 Å². The van der Waals surface area contributed by atoms with Crippen LogP contribution in [0.25, 0.3) is 0 Å². The Labute approximate surface area is 105 Å². The Kier molecular flexibility index (Phi) is 5.30. The fourth-order valence-electron chi connectivity index (χ4n) is 2.61. The minimum absolute atomic E-state index is 0.288. The van der Waals surface area contributed by atoms with Gasteiger partial charge in [-0.2, -0.15) is 0 Å². The van der Waals surface area contributed by atoms with Crippen LogP contribution in [-0.2, 0) is 4.79 Å². The number of hydrogen-bond donors (Lipinski definition) is 2. The van der Waals surface area contributed by atoms with Crippen molar-refractivity contribution in [3.63, 3.8) is 0 Å². The van der Waals surface area contributed by atoms with Gasteiger partial charge >= 0.3 is 0 Å². The fourth-order valence-corrected chi connectivity index (χ4v) is 2.61. The molecule has 2 rings (SSSR count). The lowest BCUT2D eigenvalue weighted by atomic mass is 9.90. The molecule has 0 aliphatic heterocycles. The lowest BCUT2D eigenvalue weighted by Crippen LogP contribution is -2.36. The van der Waals surface area contributed by atoms with Crippen molar-refractivity contribution in [3.8, 4) is 0 Å². The van der Waals surface area contributed by atoms with Gasteiger partial charge in [0.05, 0.1) is 0 Å². The van der Waals surface area contributed by atoms with Gasteiger partial charge in [0.1, 0.15) is 0 Å². The minimum Gasteiger partial charge on any atom is -0.355 e. The molecule has 17 heavy (non-hydrogen) atoms. The summed E-state index contributed by atoms with van der Waals surface area (Å²) in [6.07, 6.45) is 11.3. The van der Waals surface area contributed by atoms with Crippen molar-refractivity contribution >= 4 is 5.91 Å². The Bertz CT molecular complexity index is 230. The average Bonchev–Trinajstić information content (AvgIpc) is 3.07. The minimum atomic E-state index is 0.288.